The van der Waals surface area contributed by atoms with Gasteiger partial charge in [0.2, 0.25) is 11.8 Å². The lowest BCUT2D eigenvalue weighted by Crippen LogP contribution is -2.37. The predicted octanol–water partition coefficient (Wildman–Crippen LogP) is 0.194. The second-order valence-corrected chi connectivity index (χ2v) is 4.47. The smallest absolute Gasteiger partial charge is 0.238 e. The van der Waals surface area contributed by atoms with Gasteiger partial charge in [-0.15, -0.1) is 0 Å². The fraction of sp³-hybridized carbons (Fsp3) is 0.385. The number of hydrogen-bond donors (Lipinski definition) is 3. The van der Waals surface area contributed by atoms with Crippen molar-refractivity contribution >= 4 is 23.2 Å². The lowest BCUT2D eigenvalue weighted by atomic mass is 10.2. The zero-order chi connectivity index (χ0) is 14.4. The highest BCUT2D eigenvalue weighted by molar-refractivity contribution is 5.93. The van der Waals surface area contributed by atoms with E-state index in [9.17, 15) is 9.59 Å². The molecule has 1 aromatic rings. The number of likely N-dealkylation sites (N-methyl/N-ethyl adjacent to an activating group) is 2. The van der Waals surface area contributed by atoms with Crippen molar-refractivity contribution in [1.29, 1.82) is 0 Å². The van der Waals surface area contributed by atoms with Crippen LogP contribution in [0.1, 0.15) is 5.56 Å². The maximum absolute atomic E-state index is 11.8. The molecule has 6 heteroatoms. The number of aryl methyl sites for hydroxylation is 1. The molecule has 0 aliphatic rings. The molecular formula is C13H20N4O2. The van der Waals surface area contributed by atoms with Crippen LogP contribution in [0, 0.1) is 6.92 Å². The Balaban J connectivity index is 2.50. The molecule has 4 N–H and O–H groups in total. The van der Waals surface area contributed by atoms with Crippen molar-refractivity contribution in [3.63, 3.8) is 0 Å². The Hall–Kier alpha value is -2.08. The van der Waals surface area contributed by atoms with E-state index in [0.717, 1.165) is 5.56 Å². The van der Waals surface area contributed by atoms with Crippen molar-refractivity contribution in [2.75, 3.05) is 38.2 Å². The maximum Gasteiger partial charge on any atom is 0.238 e. The average molecular weight is 264 g/mol. The van der Waals surface area contributed by atoms with Crippen LogP contribution in [0.2, 0.25) is 0 Å². The highest BCUT2D eigenvalue weighted by Gasteiger charge is 2.10. The highest BCUT2D eigenvalue weighted by atomic mass is 16.2. The molecule has 0 aromatic heterocycles. The van der Waals surface area contributed by atoms with Gasteiger partial charge in [-0.05, 0) is 31.7 Å². The molecule has 0 atom stereocenters. The van der Waals surface area contributed by atoms with Crippen LogP contribution in [0.25, 0.3) is 0 Å². The largest absolute Gasteiger partial charge is 0.398 e. The SMILES string of the molecule is CNC(=O)CN(C)CC(=O)Nc1ccc(C)c(N)c1. The van der Waals surface area contributed by atoms with E-state index in [-0.39, 0.29) is 24.9 Å². The molecule has 0 aliphatic heterocycles. The zero-order valence-electron chi connectivity index (χ0n) is 11.5. The summed E-state index contributed by atoms with van der Waals surface area (Å²) in [6.45, 7) is 2.22. The first-order valence-electron chi connectivity index (χ1n) is 5.97. The van der Waals surface area contributed by atoms with Gasteiger partial charge < -0.3 is 16.4 Å². The van der Waals surface area contributed by atoms with Crippen molar-refractivity contribution in [2.45, 2.75) is 6.92 Å². The Morgan fingerprint density at radius 1 is 1.26 bits per heavy atom. The maximum atomic E-state index is 11.8. The number of rotatable bonds is 5. The van der Waals surface area contributed by atoms with Gasteiger partial charge in [0.15, 0.2) is 0 Å². The van der Waals surface area contributed by atoms with Gasteiger partial charge in [-0.3, -0.25) is 14.5 Å². The van der Waals surface area contributed by atoms with Crippen LogP contribution >= 0.6 is 0 Å². The first-order valence-corrected chi connectivity index (χ1v) is 5.97. The number of carbonyl (C=O) groups is 2. The summed E-state index contributed by atoms with van der Waals surface area (Å²) >= 11 is 0. The van der Waals surface area contributed by atoms with E-state index >= 15 is 0 Å². The topological polar surface area (TPSA) is 87.5 Å². The number of hydrogen-bond acceptors (Lipinski definition) is 4. The molecule has 0 unspecified atom stereocenters. The fourth-order valence-corrected chi connectivity index (χ4v) is 1.54. The fourth-order valence-electron chi connectivity index (χ4n) is 1.54. The summed E-state index contributed by atoms with van der Waals surface area (Å²) < 4.78 is 0. The van der Waals surface area contributed by atoms with Crippen LogP contribution in [-0.2, 0) is 9.59 Å². The Kier molecular flexibility index (Phi) is 5.32. The predicted molar refractivity (Wildman–Crippen MR) is 75.8 cm³/mol. The third-order valence-electron chi connectivity index (χ3n) is 2.67. The Morgan fingerprint density at radius 2 is 1.89 bits per heavy atom. The van der Waals surface area contributed by atoms with Gasteiger partial charge in [0, 0.05) is 18.4 Å². The molecule has 1 aromatic carbocycles. The van der Waals surface area contributed by atoms with E-state index in [4.69, 9.17) is 5.73 Å². The Labute approximate surface area is 113 Å². The van der Waals surface area contributed by atoms with Crippen LogP contribution in [-0.4, -0.2) is 43.9 Å². The van der Waals surface area contributed by atoms with Gasteiger partial charge in [-0.1, -0.05) is 6.07 Å². The third-order valence-corrected chi connectivity index (χ3v) is 2.67. The molecule has 19 heavy (non-hydrogen) atoms. The number of nitrogens with one attached hydrogen (secondary N) is 2. The molecule has 0 radical (unpaired) electrons. The molecular weight excluding hydrogens is 244 g/mol. The molecule has 2 amide bonds. The van der Waals surface area contributed by atoms with Crippen molar-refractivity contribution in [2.24, 2.45) is 0 Å². The minimum Gasteiger partial charge on any atom is -0.398 e. The molecule has 0 heterocycles. The number of amides is 2. The van der Waals surface area contributed by atoms with E-state index in [2.05, 4.69) is 10.6 Å². The Morgan fingerprint density at radius 3 is 2.47 bits per heavy atom. The van der Waals surface area contributed by atoms with Crippen molar-refractivity contribution in [3.05, 3.63) is 23.8 Å². The monoisotopic (exact) mass is 264 g/mol. The molecule has 0 saturated heterocycles. The van der Waals surface area contributed by atoms with Crippen LogP contribution in [0.4, 0.5) is 11.4 Å². The van der Waals surface area contributed by atoms with Gasteiger partial charge in [0.05, 0.1) is 13.1 Å². The number of nitrogen functional groups attached to an aromatic ring is 1. The van der Waals surface area contributed by atoms with Gasteiger partial charge in [-0.25, -0.2) is 0 Å². The van der Waals surface area contributed by atoms with Crippen molar-refractivity contribution in [3.8, 4) is 0 Å². The summed E-state index contributed by atoms with van der Waals surface area (Å²) in [5.74, 6) is -0.315. The van der Waals surface area contributed by atoms with Crippen LogP contribution < -0.4 is 16.4 Å². The summed E-state index contributed by atoms with van der Waals surface area (Å²) in [5.41, 5.74) is 8.02. The van der Waals surface area contributed by atoms with E-state index in [1.165, 1.54) is 0 Å². The zero-order valence-corrected chi connectivity index (χ0v) is 11.5. The van der Waals surface area contributed by atoms with Crippen LogP contribution in [0.15, 0.2) is 18.2 Å². The van der Waals surface area contributed by atoms with E-state index in [1.807, 2.05) is 13.0 Å². The standard InChI is InChI=1S/C13H20N4O2/c1-9-4-5-10(6-11(9)14)16-13(19)8-17(3)7-12(18)15-2/h4-6H,7-8,14H2,1-3H3,(H,15,18)(H,16,19). The first kappa shape index (κ1) is 15.0. The molecule has 0 aliphatic carbocycles. The third kappa shape index (κ3) is 4.97. The second kappa shape index (κ2) is 6.75. The normalized spacial score (nSPS) is 10.3. The minimum atomic E-state index is -0.186. The number of nitrogens with zero attached hydrogens (tertiary/aromatic N) is 1. The summed E-state index contributed by atoms with van der Waals surface area (Å²) in [5, 5.41) is 5.24. The molecule has 0 spiro atoms. The van der Waals surface area contributed by atoms with E-state index < -0.39 is 0 Å². The molecule has 0 bridgehead atoms. The minimum absolute atomic E-state index is 0.130. The number of nitrogens with two attached hydrogens (primary N) is 1. The van der Waals surface area contributed by atoms with E-state index in [1.54, 1.807) is 31.1 Å². The van der Waals surface area contributed by atoms with Gasteiger partial charge >= 0.3 is 0 Å². The number of benzene rings is 1. The number of anilines is 2. The van der Waals surface area contributed by atoms with Gasteiger partial charge in [0.25, 0.3) is 0 Å². The van der Waals surface area contributed by atoms with Crippen molar-refractivity contribution in [1.82, 2.24) is 10.2 Å². The summed E-state index contributed by atoms with van der Waals surface area (Å²) in [7, 11) is 3.27. The summed E-state index contributed by atoms with van der Waals surface area (Å²) in [4.78, 5) is 24.5. The quantitative estimate of drug-likeness (QED) is 0.663. The summed E-state index contributed by atoms with van der Waals surface area (Å²) in [6, 6.07) is 5.35. The van der Waals surface area contributed by atoms with Crippen LogP contribution in [0.3, 0.4) is 0 Å². The molecule has 1 rings (SSSR count). The lowest BCUT2D eigenvalue weighted by molar-refractivity contribution is -0.122. The highest BCUT2D eigenvalue weighted by Crippen LogP contribution is 2.16. The molecule has 0 fully saturated rings. The number of carbonyl (C=O) groups excluding carboxylic acids is 2. The molecule has 0 saturated carbocycles. The molecule has 6 nitrogen and oxygen atoms in total. The first-order chi connectivity index (χ1) is 8.92. The lowest BCUT2D eigenvalue weighted by Gasteiger charge is -2.15. The summed E-state index contributed by atoms with van der Waals surface area (Å²) in [6.07, 6.45) is 0. The Bertz CT molecular complexity index is 474. The average Bonchev–Trinajstić information content (AvgIpc) is 2.33. The van der Waals surface area contributed by atoms with E-state index in [0.29, 0.717) is 11.4 Å². The second-order valence-electron chi connectivity index (χ2n) is 4.47. The molecule has 104 valence electrons. The van der Waals surface area contributed by atoms with Crippen LogP contribution in [0.5, 0.6) is 0 Å². The van der Waals surface area contributed by atoms with Gasteiger partial charge in [0.1, 0.15) is 0 Å². The van der Waals surface area contributed by atoms with Gasteiger partial charge in [-0.2, -0.15) is 0 Å². The van der Waals surface area contributed by atoms with Crippen molar-refractivity contribution < 1.29 is 9.59 Å².